The van der Waals surface area contributed by atoms with Gasteiger partial charge in [0.15, 0.2) is 0 Å². The zero-order chi connectivity index (χ0) is 22.4. The summed E-state index contributed by atoms with van der Waals surface area (Å²) in [5.74, 6) is 0.811. The molecule has 168 valence electrons. The standard InChI is InChI=1S/C26H32F3NO/c1-19(2)20(3)31-25-15-11-22(12-16-25)18-30(24-7-5-4-6-8-24)17-21-9-13-23(14-10-21)26(27,28)29/h9-16,20,24H,1,4-8,17-18H2,2-3H3. The third kappa shape index (κ3) is 6.86. The van der Waals surface area contributed by atoms with E-state index in [-0.39, 0.29) is 6.10 Å². The van der Waals surface area contributed by atoms with E-state index in [4.69, 9.17) is 4.74 Å². The Hall–Kier alpha value is -2.27. The lowest BCUT2D eigenvalue weighted by Crippen LogP contribution is -2.35. The Labute approximate surface area is 183 Å². The van der Waals surface area contributed by atoms with E-state index in [2.05, 4.69) is 23.6 Å². The molecule has 1 aliphatic carbocycles. The molecule has 0 amide bonds. The summed E-state index contributed by atoms with van der Waals surface area (Å²) < 4.78 is 44.6. The second kappa shape index (κ2) is 10.4. The number of alkyl halides is 3. The highest BCUT2D eigenvalue weighted by Gasteiger charge is 2.30. The van der Waals surface area contributed by atoms with Crippen molar-refractivity contribution in [1.82, 2.24) is 4.90 Å². The van der Waals surface area contributed by atoms with Crippen LogP contribution < -0.4 is 4.74 Å². The van der Waals surface area contributed by atoms with E-state index in [0.717, 1.165) is 36.3 Å². The van der Waals surface area contributed by atoms with Gasteiger partial charge in [-0.15, -0.1) is 0 Å². The normalized spacial score (nSPS) is 16.3. The molecule has 1 atom stereocenters. The third-order valence-corrected chi connectivity index (χ3v) is 6.07. The minimum atomic E-state index is -4.30. The molecule has 2 aromatic rings. The molecule has 1 saturated carbocycles. The largest absolute Gasteiger partial charge is 0.486 e. The predicted octanol–water partition coefficient (Wildman–Crippen LogP) is 7.38. The van der Waals surface area contributed by atoms with Crippen molar-refractivity contribution in [3.8, 4) is 5.75 Å². The van der Waals surface area contributed by atoms with Crippen LogP contribution in [0.5, 0.6) is 5.75 Å². The molecular formula is C26H32F3NO. The first-order valence-electron chi connectivity index (χ1n) is 11.0. The SMILES string of the molecule is C=C(C)C(C)Oc1ccc(CN(Cc2ccc(C(F)(F)F)cc2)C2CCCCC2)cc1. The second-order valence-corrected chi connectivity index (χ2v) is 8.64. The van der Waals surface area contributed by atoms with Crippen LogP contribution in [-0.2, 0) is 19.3 Å². The van der Waals surface area contributed by atoms with Crippen LogP contribution in [0.1, 0.15) is 62.6 Å². The van der Waals surface area contributed by atoms with E-state index in [1.165, 1.54) is 37.0 Å². The summed E-state index contributed by atoms with van der Waals surface area (Å²) in [7, 11) is 0. The van der Waals surface area contributed by atoms with Gasteiger partial charge in [-0.3, -0.25) is 4.90 Å². The van der Waals surface area contributed by atoms with Gasteiger partial charge in [0.25, 0.3) is 0 Å². The molecule has 0 radical (unpaired) electrons. The molecule has 3 rings (SSSR count). The monoisotopic (exact) mass is 431 g/mol. The Morgan fingerprint density at radius 1 is 0.968 bits per heavy atom. The van der Waals surface area contributed by atoms with Gasteiger partial charge in [-0.2, -0.15) is 13.2 Å². The maximum atomic E-state index is 12.9. The van der Waals surface area contributed by atoms with Gasteiger partial charge in [-0.1, -0.05) is 50.1 Å². The van der Waals surface area contributed by atoms with Crippen molar-refractivity contribution in [2.24, 2.45) is 0 Å². The van der Waals surface area contributed by atoms with E-state index < -0.39 is 11.7 Å². The Morgan fingerprint density at radius 2 is 1.48 bits per heavy atom. The number of hydrogen-bond acceptors (Lipinski definition) is 2. The van der Waals surface area contributed by atoms with Gasteiger partial charge in [0.1, 0.15) is 11.9 Å². The van der Waals surface area contributed by atoms with Gasteiger partial charge in [-0.05, 0) is 67.7 Å². The van der Waals surface area contributed by atoms with Crippen LogP contribution in [0, 0.1) is 0 Å². The van der Waals surface area contributed by atoms with Gasteiger partial charge in [-0.25, -0.2) is 0 Å². The van der Waals surface area contributed by atoms with Crippen molar-refractivity contribution in [2.75, 3.05) is 0 Å². The van der Waals surface area contributed by atoms with Crippen molar-refractivity contribution < 1.29 is 17.9 Å². The molecule has 1 aliphatic rings. The lowest BCUT2D eigenvalue weighted by molar-refractivity contribution is -0.137. The Kier molecular flexibility index (Phi) is 7.82. The summed E-state index contributed by atoms with van der Waals surface area (Å²) in [6.07, 6.45) is 1.62. The Morgan fingerprint density at radius 3 is 1.97 bits per heavy atom. The number of rotatable bonds is 8. The summed E-state index contributed by atoms with van der Waals surface area (Å²) in [4.78, 5) is 2.41. The summed E-state index contributed by atoms with van der Waals surface area (Å²) in [5, 5.41) is 0. The van der Waals surface area contributed by atoms with Crippen molar-refractivity contribution in [3.05, 3.63) is 77.4 Å². The van der Waals surface area contributed by atoms with Gasteiger partial charge in [0, 0.05) is 19.1 Å². The number of ether oxygens (including phenoxy) is 1. The first kappa shape index (κ1) is 23.4. The zero-order valence-corrected chi connectivity index (χ0v) is 18.4. The quantitative estimate of drug-likeness (QED) is 0.404. The van der Waals surface area contributed by atoms with Crippen molar-refractivity contribution >= 4 is 0 Å². The highest BCUT2D eigenvalue weighted by Crippen LogP contribution is 2.30. The molecule has 0 aliphatic heterocycles. The maximum Gasteiger partial charge on any atom is 0.416 e. The van der Waals surface area contributed by atoms with Crippen molar-refractivity contribution in [2.45, 2.75) is 77.4 Å². The average Bonchev–Trinajstić information content (AvgIpc) is 2.75. The second-order valence-electron chi connectivity index (χ2n) is 8.64. The summed E-state index contributed by atoms with van der Waals surface area (Å²) in [5.41, 5.74) is 2.46. The molecule has 0 aromatic heterocycles. The fourth-order valence-corrected chi connectivity index (χ4v) is 4.01. The van der Waals surface area contributed by atoms with Gasteiger partial charge >= 0.3 is 6.18 Å². The van der Waals surface area contributed by atoms with E-state index in [1.54, 1.807) is 12.1 Å². The molecule has 0 spiro atoms. The molecule has 2 aromatic carbocycles. The fraction of sp³-hybridized carbons (Fsp3) is 0.462. The number of halogens is 3. The number of hydrogen-bond donors (Lipinski definition) is 0. The van der Waals surface area contributed by atoms with Gasteiger partial charge in [0.05, 0.1) is 5.56 Å². The van der Waals surface area contributed by atoms with Crippen LogP contribution >= 0.6 is 0 Å². The Balaban J connectivity index is 1.71. The van der Waals surface area contributed by atoms with Crippen LogP contribution in [0.4, 0.5) is 13.2 Å². The van der Waals surface area contributed by atoms with Crippen LogP contribution in [0.3, 0.4) is 0 Å². The zero-order valence-electron chi connectivity index (χ0n) is 18.4. The molecule has 0 heterocycles. The molecule has 0 N–H and O–H groups in total. The van der Waals surface area contributed by atoms with Crippen molar-refractivity contribution in [1.29, 1.82) is 0 Å². The van der Waals surface area contributed by atoms with E-state index in [9.17, 15) is 13.2 Å². The van der Waals surface area contributed by atoms with Crippen molar-refractivity contribution in [3.63, 3.8) is 0 Å². The number of nitrogens with zero attached hydrogens (tertiary/aromatic N) is 1. The molecule has 5 heteroatoms. The first-order chi connectivity index (χ1) is 14.7. The molecule has 0 saturated heterocycles. The first-order valence-corrected chi connectivity index (χ1v) is 11.0. The molecule has 31 heavy (non-hydrogen) atoms. The number of benzene rings is 2. The fourth-order valence-electron chi connectivity index (χ4n) is 4.01. The summed E-state index contributed by atoms with van der Waals surface area (Å²) in [6.45, 7) is 9.26. The van der Waals surface area contributed by atoms with Crippen LogP contribution in [0.2, 0.25) is 0 Å². The predicted molar refractivity (Wildman–Crippen MR) is 119 cm³/mol. The lowest BCUT2D eigenvalue weighted by Gasteiger charge is -2.34. The van der Waals surface area contributed by atoms with Gasteiger partial charge in [0.2, 0.25) is 0 Å². The Bertz CT molecular complexity index is 836. The van der Waals surface area contributed by atoms with E-state index in [0.29, 0.717) is 12.6 Å². The lowest BCUT2D eigenvalue weighted by atomic mass is 9.93. The topological polar surface area (TPSA) is 12.5 Å². The summed E-state index contributed by atoms with van der Waals surface area (Å²) in [6, 6.07) is 14.1. The maximum absolute atomic E-state index is 12.9. The molecule has 1 fully saturated rings. The molecular weight excluding hydrogens is 399 g/mol. The third-order valence-electron chi connectivity index (χ3n) is 6.07. The highest BCUT2D eigenvalue weighted by atomic mass is 19.4. The van der Waals surface area contributed by atoms with Crippen LogP contribution in [0.15, 0.2) is 60.7 Å². The molecule has 2 nitrogen and oxygen atoms in total. The van der Waals surface area contributed by atoms with Gasteiger partial charge < -0.3 is 4.74 Å². The molecule has 0 bridgehead atoms. The smallest absolute Gasteiger partial charge is 0.416 e. The minimum absolute atomic E-state index is 0.0377. The molecule has 1 unspecified atom stereocenters. The van der Waals surface area contributed by atoms with E-state index in [1.807, 2.05) is 26.0 Å². The highest BCUT2D eigenvalue weighted by molar-refractivity contribution is 5.29. The van der Waals surface area contributed by atoms with Crippen LogP contribution in [0.25, 0.3) is 0 Å². The van der Waals surface area contributed by atoms with Crippen LogP contribution in [-0.4, -0.2) is 17.0 Å². The van der Waals surface area contributed by atoms with E-state index >= 15 is 0 Å². The minimum Gasteiger partial charge on any atom is -0.486 e. The average molecular weight is 432 g/mol. The summed E-state index contributed by atoms with van der Waals surface area (Å²) >= 11 is 0.